The van der Waals surface area contributed by atoms with E-state index in [1.165, 1.54) is 0 Å². The summed E-state index contributed by atoms with van der Waals surface area (Å²) in [6.07, 6.45) is 2.59. The maximum atomic E-state index is 11.6. The number of hydrazone groups is 1. The molecule has 0 bridgehead atoms. The molecule has 4 nitrogen and oxygen atoms in total. The molecule has 0 saturated carbocycles. The Morgan fingerprint density at radius 2 is 2.31 bits per heavy atom. The first-order valence-electron chi connectivity index (χ1n) is 5.40. The van der Waals surface area contributed by atoms with Crippen LogP contribution in [0.1, 0.15) is 37.7 Å². The van der Waals surface area contributed by atoms with Crippen molar-refractivity contribution >= 4 is 11.6 Å². The summed E-state index contributed by atoms with van der Waals surface area (Å²) >= 11 is 0. The van der Waals surface area contributed by atoms with E-state index < -0.39 is 0 Å². The fourth-order valence-corrected chi connectivity index (χ4v) is 1.10. The van der Waals surface area contributed by atoms with Gasteiger partial charge in [-0.05, 0) is 31.4 Å². The molecule has 0 radical (unpaired) electrons. The number of carbonyl (C=O) groups excluding carboxylic acids is 1. The Labute approximate surface area is 95.8 Å². The van der Waals surface area contributed by atoms with E-state index in [4.69, 9.17) is 0 Å². The van der Waals surface area contributed by atoms with Gasteiger partial charge in [0, 0.05) is 11.9 Å². The molecule has 0 aliphatic carbocycles. The molecule has 1 heterocycles. The molecule has 16 heavy (non-hydrogen) atoms. The molecule has 86 valence electrons. The Morgan fingerprint density at radius 3 is 2.88 bits per heavy atom. The SMILES string of the molecule is CC[C@@H](C)/C(C)=N\NC(=O)c1ccccn1. The van der Waals surface area contributed by atoms with E-state index in [2.05, 4.69) is 29.4 Å². The van der Waals surface area contributed by atoms with Gasteiger partial charge in [-0.25, -0.2) is 5.43 Å². The largest absolute Gasteiger partial charge is 0.289 e. The molecule has 0 unspecified atom stereocenters. The van der Waals surface area contributed by atoms with Crippen molar-refractivity contribution in [2.45, 2.75) is 27.2 Å². The first kappa shape index (κ1) is 12.4. The van der Waals surface area contributed by atoms with Crippen LogP contribution in [0.2, 0.25) is 0 Å². The average molecular weight is 219 g/mol. The fourth-order valence-electron chi connectivity index (χ4n) is 1.10. The van der Waals surface area contributed by atoms with Gasteiger partial charge in [-0.1, -0.05) is 19.9 Å². The fraction of sp³-hybridized carbons (Fsp3) is 0.417. The van der Waals surface area contributed by atoms with Crippen molar-refractivity contribution in [3.05, 3.63) is 30.1 Å². The number of hydrogen-bond donors (Lipinski definition) is 1. The van der Waals surface area contributed by atoms with E-state index in [0.29, 0.717) is 11.6 Å². The summed E-state index contributed by atoms with van der Waals surface area (Å²) in [5, 5.41) is 4.05. The highest BCUT2D eigenvalue weighted by Gasteiger charge is 2.06. The number of pyridine rings is 1. The van der Waals surface area contributed by atoms with Crippen molar-refractivity contribution < 1.29 is 4.79 Å². The topological polar surface area (TPSA) is 54.4 Å². The highest BCUT2D eigenvalue weighted by molar-refractivity contribution is 5.93. The van der Waals surface area contributed by atoms with Crippen molar-refractivity contribution in [2.24, 2.45) is 11.0 Å². The second-order valence-electron chi connectivity index (χ2n) is 3.72. The van der Waals surface area contributed by atoms with Crippen LogP contribution in [0, 0.1) is 5.92 Å². The van der Waals surface area contributed by atoms with E-state index in [9.17, 15) is 4.79 Å². The monoisotopic (exact) mass is 219 g/mol. The summed E-state index contributed by atoms with van der Waals surface area (Å²) in [5.74, 6) is 0.104. The van der Waals surface area contributed by atoms with Gasteiger partial charge in [-0.2, -0.15) is 5.10 Å². The van der Waals surface area contributed by atoms with Crippen LogP contribution in [0.5, 0.6) is 0 Å². The molecule has 1 aromatic rings. The van der Waals surface area contributed by atoms with Crippen LogP contribution in [0.4, 0.5) is 0 Å². The molecule has 1 aromatic heterocycles. The second-order valence-corrected chi connectivity index (χ2v) is 3.72. The summed E-state index contributed by atoms with van der Waals surface area (Å²) in [7, 11) is 0. The number of aromatic nitrogens is 1. The first-order valence-corrected chi connectivity index (χ1v) is 5.40. The molecular formula is C12H17N3O. The quantitative estimate of drug-likeness (QED) is 0.623. The normalized spacial score (nSPS) is 13.3. The molecule has 0 saturated heterocycles. The van der Waals surface area contributed by atoms with Crippen LogP contribution in [0.3, 0.4) is 0 Å². The zero-order valence-electron chi connectivity index (χ0n) is 9.90. The predicted molar refractivity (Wildman–Crippen MR) is 64.3 cm³/mol. The maximum Gasteiger partial charge on any atom is 0.289 e. The van der Waals surface area contributed by atoms with Gasteiger partial charge in [0.15, 0.2) is 0 Å². The third-order valence-corrected chi connectivity index (χ3v) is 2.56. The lowest BCUT2D eigenvalue weighted by Crippen LogP contribution is -2.21. The second kappa shape index (κ2) is 6.00. The minimum absolute atomic E-state index is 0.275. The van der Waals surface area contributed by atoms with Crippen molar-refractivity contribution in [1.82, 2.24) is 10.4 Å². The molecule has 1 rings (SSSR count). The number of nitrogens with zero attached hydrogens (tertiary/aromatic N) is 2. The van der Waals surface area contributed by atoms with Gasteiger partial charge in [-0.3, -0.25) is 9.78 Å². The molecule has 0 spiro atoms. The smallest absolute Gasteiger partial charge is 0.266 e. The molecule has 1 N–H and O–H groups in total. The minimum atomic E-state index is -0.275. The third kappa shape index (κ3) is 3.46. The van der Waals surface area contributed by atoms with Crippen LogP contribution >= 0.6 is 0 Å². The molecule has 0 aliphatic rings. The van der Waals surface area contributed by atoms with Crippen LogP contribution in [-0.4, -0.2) is 16.6 Å². The number of rotatable bonds is 4. The number of amides is 1. The zero-order valence-corrected chi connectivity index (χ0v) is 9.90. The Balaban J connectivity index is 2.60. The molecule has 0 fully saturated rings. The Kier molecular flexibility index (Phi) is 4.64. The van der Waals surface area contributed by atoms with Crippen LogP contribution in [0.25, 0.3) is 0 Å². The van der Waals surface area contributed by atoms with Crippen molar-refractivity contribution in [1.29, 1.82) is 0 Å². The molecular weight excluding hydrogens is 202 g/mol. The van der Waals surface area contributed by atoms with E-state index >= 15 is 0 Å². The van der Waals surface area contributed by atoms with Gasteiger partial charge in [0.2, 0.25) is 0 Å². The molecule has 1 amide bonds. The number of carbonyl (C=O) groups is 1. The highest BCUT2D eigenvalue weighted by Crippen LogP contribution is 2.02. The Hall–Kier alpha value is -1.71. The summed E-state index contributed by atoms with van der Waals surface area (Å²) in [5.41, 5.74) is 3.80. The number of hydrogen-bond acceptors (Lipinski definition) is 3. The summed E-state index contributed by atoms with van der Waals surface area (Å²) in [6, 6.07) is 5.20. The van der Waals surface area contributed by atoms with Crippen LogP contribution in [0.15, 0.2) is 29.5 Å². The van der Waals surface area contributed by atoms with Gasteiger partial charge in [-0.15, -0.1) is 0 Å². The summed E-state index contributed by atoms with van der Waals surface area (Å²) < 4.78 is 0. The number of nitrogens with one attached hydrogen (secondary N) is 1. The molecule has 1 atom stereocenters. The van der Waals surface area contributed by atoms with Gasteiger partial charge >= 0.3 is 0 Å². The molecule has 4 heteroatoms. The van der Waals surface area contributed by atoms with Crippen molar-refractivity contribution in [3.63, 3.8) is 0 Å². The van der Waals surface area contributed by atoms with E-state index in [1.807, 2.05) is 6.92 Å². The lowest BCUT2D eigenvalue weighted by molar-refractivity contribution is 0.0949. The summed E-state index contributed by atoms with van der Waals surface area (Å²) in [4.78, 5) is 15.5. The minimum Gasteiger partial charge on any atom is -0.266 e. The van der Waals surface area contributed by atoms with E-state index in [0.717, 1.165) is 12.1 Å². The van der Waals surface area contributed by atoms with Crippen molar-refractivity contribution in [3.8, 4) is 0 Å². The standard InChI is InChI=1S/C12H17N3O/c1-4-9(2)10(3)14-15-12(16)11-7-5-6-8-13-11/h5-9H,4H2,1-3H3,(H,15,16)/b14-10-/t9-/m1/s1. The molecule has 0 aliphatic heterocycles. The highest BCUT2D eigenvalue weighted by atomic mass is 16.2. The average Bonchev–Trinajstić information content (AvgIpc) is 2.35. The summed E-state index contributed by atoms with van der Waals surface area (Å²) in [6.45, 7) is 6.07. The lowest BCUT2D eigenvalue weighted by atomic mass is 10.1. The third-order valence-electron chi connectivity index (χ3n) is 2.56. The first-order chi connectivity index (χ1) is 7.65. The van der Waals surface area contributed by atoms with Gasteiger partial charge in [0.05, 0.1) is 0 Å². The molecule has 0 aromatic carbocycles. The van der Waals surface area contributed by atoms with Crippen LogP contribution < -0.4 is 5.43 Å². The van der Waals surface area contributed by atoms with Crippen LogP contribution in [-0.2, 0) is 0 Å². The lowest BCUT2D eigenvalue weighted by Gasteiger charge is -2.07. The zero-order chi connectivity index (χ0) is 12.0. The van der Waals surface area contributed by atoms with E-state index in [-0.39, 0.29) is 5.91 Å². The van der Waals surface area contributed by atoms with Crippen molar-refractivity contribution in [2.75, 3.05) is 0 Å². The Morgan fingerprint density at radius 1 is 1.56 bits per heavy atom. The van der Waals surface area contributed by atoms with Gasteiger partial charge < -0.3 is 0 Å². The maximum absolute atomic E-state index is 11.6. The van der Waals surface area contributed by atoms with Gasteiger partial charge in [0.1, 0.15) is 5.69 Å². The Bertz CT molecular complexity index is 373. The predicted octanol–water partition coefficient (Wildman–Crippen LogP) is 2.23. The van der Waals surface area contributed by atoms with Gasteiger partial charge in [0.25, 0.3) is 5.91 Å². The van der Waals surface area contributed by atoms with E-state index in [1.54, 1.807) is 24.4 Å².